The zero-order chi connectivity index (χ0) is 30.6. The molecule has 1 saturated carbocycles. The standard InChI is InChI=1S/C32H40N6O5/c1-32(2,3)43-31(41)33-22-8-7-12-37(18-22)29(39)21-14-23-27(25(16-21)42-6)36(5)28(34-23)24-15-20-11-13-35(4)30(40)26(20)38(24)17-19-9-10-19/h11,13-16,19,22H,7-10,12,17-18H2,1-6H3,(H,33,41). The van der Waals surface area contributed by atoms with Gasteiger partial charge in [-0.1, -0.05) is 0 Å². The van der Waals surface area contributed by atoms with E-state index >= 15 is 0 Å². The maximum Gasteiger partial charge on any atom is 0.407 e. The van der Waals surface area contributed by atoms with Gasteiger partial charge in [-0.2, -0.15) is 0 Å². The topological polar surface area (TPSA) is 113 Å². The summed E-state index contributed by atoms with van der Waals surface area (Å²) in [5, 5.41) is 3.80. The molecule has 1 aliphatic heterocycles. The summed E-state index contributed by atoms with van der Waals surface area (Å²) in [6, 6.07) is 7.37. The number of carbonyl (C=O) groups excluding carboxylic acids is 2. The largest absolute Gasteiger partial charge is 0.494 e. The number of piperidine rings is 1. The number of pyridine rings is 1. The van der Waals surface area contributed by atoms with Crippen LogP contribution in [0.15, 0.2) is 35.3 Å². The Labute approximate surface area is 250 Å². The van der Waals surface area contributed by atoms with Gasteiger partial charge in [0, 0.05) is 56.9 Å². The molecule has 43 heavy (non-hydrogen) atoms. The summed E-state index contributed by atoms with van der Waals surface area (Å²) >= 11 is 0. The van der Waals surface area contributed by atoms with Crippen LogP contribution in [-0.4, -0.2) is 67.4 Å². The molecule has 3 aromatic heterocycles. The highest BCUT2D eigenvalue weighted by Gasteiger charge is 2.30. The van der Waals surface area contributed by atoms with E-state index in [4.69, 9.17) is 14.5 Å². The molecular formula is C32H40N6O5. The van der Waals surface area contributed by atoms with Crippen LogP contribution in [0.2, 0.25) is 0 Å². The summed E-state index contributed by atoms with van der Waals surface area (Å²) in [6.45, 7) is 7.21. The van der Waals surface area contributed by atoms with Crippen molar-refractivity contribution in [3.8, 4) is 17.3 Å². The van der Waals surface area contributed by atoms with Crippen LogP contribution in [-0.2, 0) is 25.4 Å². The number of fused-ring (bicyclic) bond motifs is 2. The highest BCUT2D eigenvalue weighted by molar-refractivity contribution is 6.00. The van der Waals surface area contributed by atoms with Gasteiger partial charge in [0.2, 0.25) is 0 Å². The second-order valence-electron chi connectivity index (χ2n) is 12.9. The third-order valence-corrected chi connectivity index (χ3v) is 8.32. The quantitative estimate of drug-likeness (QED) is 0.356. The van der Waals surface area contributed by atoms with Gasteiger partial charge in [0.15, 0.2) is 5.82 Å². The molecule has 228 valence electrons. The molecule has 1 N–H and O–H groups in total. The average Bonchev–Trinajstić information content (AvgIpc) is 3.61. The van der Waals surface area contributed by atoms with Gasteiger partial charge in [0.1, 0.15) is 22.4 Å². The average molecular weight is 589 g/mol. The molecule has 11 nitrogen and oxygen atoms in total. The molecule has 4 aromatic rings. The van der Waals surface area contributed by atoms with E-state index in [2.05, 4.69) is 9.88 Å². The van der Waals surface area contributed by atoms with Crippen LogP contribution in [0.4, 0.5) is 4.79 Å². The first-order valence-corrected chi connectivity index (χ1v) is 15.0. The van der Waals surface area contributed by atoms with Gasteiger partial charge in [-0.3, -0.25) is 9.59 Å². The Kier molecular flexibility index (Phi) is 7.22. The molecule has 0 bridgehead atoms. The van der Waals surface area contributed by atoms with Crippen LogP contribution in [0.3, 0.4) is 0 Å². The molecule has 1 unspecified atom stereocenters. The first-order chi connectivity index (χ1) is 20.4. The van der Waals surface area contributed by atoms with Gasteiger partial charge in [0.05, 0.1) is 18.3 Å². The molecule has 1 atom stereocenters. The fourth-order valence-electron chi connectivity index (χ4n) is 6.05. The van der Waals surface area contributed by atoms with Gasteiger partial charge in [-0.05, 0) is 76.6 Å². The third kappa shape index (κ3) is 5.60. The normalized spacial score (nSPS) is 17.4. The van der Waals surface area contributed by atoms with Crippen molar-refractivity contribution in [3.63, 3.8) is 0 Å². The summed E-state index contributed by atoms with van der Waals surface area (Å²) in [7, 11) is 5.29. The summed E-state index contributed by atoms with van der Waals surface area (Å²) in [5.74, 6) is 1.65. The van der Waals surface area contributed by atoms with Crippen LogP contribution < -0.4 is 15.6 Å². The number of imidazole rings is 1. The molecule has 2 aliphatic rings. The number of likely N-dealkylation sites (tertiary alicyclic amines) is 1. The zero-order valence-electron chi connectivity index (χ0n) is 25.8. The highest BCUT2D eigenvalue weighted by Crippen LogP contribution is 2.37. The smallest absolute Gasteiger partial charge is 0.407 e. The third-order valence-electron chi connectivity index (χ3n) is 8.32. The summed E-state index contributed by atoms with van der Waals surface area (Å²) < 4.78 is 16.9. The van der Waals surface area contributed by atoms with Gasteiger partial charge in [0.25, 0.3) is 11.5 Å². The fourth-order valence-corrected chi connectivity index (χ4v) is 6.05. The Morgan fingerprint density at radius 1 is 1.09 bits per heavy atom. The van der Waals surface area contributed by atoms with Crippen LogP contribution in [0, 0.1) is 5.92 Å². The van der Waals surface area contributed by atoms with E-state index in [1.54, 1.807) is 35.9 Å². The van der Waals surface area contributed by atoms with Crippen molar-refractivity contribution < 1.29 is 19.1 Å². The summed E-state index contributed by atoms with van der Waals surface area (Å²) in [5.41, 5.74) is 2.80. The zero-order valence-corrected chi connectivity index (χ0v) is 25.8. The number of methoxy groups -OCH3 is 1. The second-order valence-corrected chi connectivity index (χ2v) is 12.9. The van der Waals surface area contributed by atoms with Crippen molar-refractivity contribution in [2.24, 2.45) is 20.0 Å². The Morgan fingerprint density at radius 3 is 2.56 bits per heavy atom. The predicted molar refractivity (Wildman–Crippen MR) is 164 cm³/mol. The molecule has 1 saturated heterocycles. The molecule has 0 radical (unpaired) electrons. The lowest BCUT2D eigenvalue weighted by molar-refractivity contribution is 0.0452. The molecule has 11 heteroatoms. The molecule has 0 spiro atoms. The number of hydrogen-bond acceptors (Lipinski definition) is 6. The minimum Gasteiger partial charge on any atom is -0.494 e. The van der Waals surface area contributed by atoms with Gasteiger partial charge in [-0.15, -0.1) is 0 Å². The molecule has 2 fully saturated rings. The molecule has 4 heterocycles. The minimum absolute atomic E-state index is 0.0328. The number of benzene rings is 1. The number of ether oxygens (including phenoxy) is 2. The fraction of sp³-hybridized carbons (Fsp3) is 0.500. The minimum atomic E-state index is -0.594. The predicted octanol–water partition coefficient (Wildman–Crippen LogP) is 4.44. The van der Waals surface area contributed by atoms with E-state index in [0.717, 1.165) is 48.8 Å². The van der Waals surface area contributed by atoms with E-state index < -0.39 is 11.7 Å². The number of nitrogens with zero attached hydrogens (tertiary/aromatic N) is 5. The van der Waals surface area contributed by atoms with Crippen molar-refractivity contribution in [3.05, 3.63) is 46.4 Å². The van der Waals surface area contributed by atoms with Crippen LogP contribution in [0.5, 0.6) is 5.75 Å². The van der Waals surface area contributed by atoms with Crippen LogP contribution in [0.25, 0.3) is 33.5 Å². The summed E-state index contributed by atoms with van der Waals surface area (Å²) in [4.78, 5) is 46.1. The van der Waals surface area contributed by atoms with E-state index in [9.17, 15) is 14.4 Å². The van der Waals surface area contributed by atoms with E-state index in [1.807, 2.05) is 50.6 Å². The monoisotopic (exact) mass is 588 g/mol. The first kappa shape index (κ1) is 28.8. The maximum absolute atomic E-state index is 13.8. The van der Waals surface area contributed by atoms with Gasteiger partial charge >= 0.3 is 6.09 Å². The van der Waals surface area contributed by atoms with Crippen LogP contribution >= 0.6 is 0 Å². The number of aromatic nitrogens is 4. The molecular weight excluding hydrogens is 548 g/mol. The van der Waals surface area contributed by atoms with Crippen LogP contribution in [0.1, 0.15) is 56.8 Å². The number of nitrogens with one attached hydrogen (secondary N) is 1. The highest BCUT2D eigenvalue weighted by atomic mass is 16.6. The molecule has 2 amide bonds. The number of hydrogen-bond donors (Lipinski definition) is 1. The van der Waals surface area contributed by atoms with Crippen molar-refractivity contribution in [2.75, 3.05) is 20.2 Å². The summed E-state index contributed by atoms with van der Waals surface area (Å²) in [6.07, 6.45) is 5.15. The Balaban J connectivity index is 1.34. The van der Waals surface area contributed by atoms with Crippen molar-refractivity contribution in [1.29, 1.82) is 0 Å². The van der Waals surface area contributed by atoms with E-state index in [-0.39, 0.29) is 17.5 Å². The molecule has 6 rings (SSSR count). The molecule has 1 aromatic carbocycles. The number of aryl methyl sites for hydroxylation is 2. The van der Waals surface area contributed by atoms with Crippen molar-refractivity contribution >= 4 is 33.9 Å². The van der Waals surface area contributed by atoms with E-state index in [1.165, 1.54) is 0 Å². The second kappa shape index (κ2) is 10.8. The lowest BCUT2D eigenvalue weighted by Crippen LogP contribution is -2.50. The van der Waals surface area contributed by atoms with Gasteiger partial charge < -0.3 is 33.4 Å². The number of rotatable bonds is 6. The van der Waals surface area contributed by atoms with Gasteiger partial charge in [-0.25, -0.2) is 9.78 Å². The van der Waals surface area contributed by atoms with Crippen molar-refractivity contribution in [2.45, 2.75) is 64.6 Å². The maximum atomic E-state index is 13.8. The Bertz CT molecular complexity index is 1790. The number of amides is 2. The lowest BCUT2D eigenvalue weighted by Gasteiger charge is -2.33. The Morgan fingerprint density at radius 2 is 1.86 bits per heavy atom. The number of carbonyl (C=O) groups is 2. The van der Waals surface area contributed by atoms with E-state index in [0.29, 0.717) is 47.2 Å². The number of alkyl carbamates (subject to hydrolysis) is 1. The SMILES string of the molecule is COc1cc(C(=O)N2CCCC(NC(=O)OC(C)(C)C)C2)cc2nc(-c3cc4ccn(C)c(=O)c4n3CC3CC3)n(C)c12. The lowest BCUT2D eigenvalue weighted by atomic mass is 10.0. The molecule has 1 aliphatic carbocycles. The first-order valence-electron chi connectivity index (χ1n) is 15.0. The Hall–Kier alpha value is -4.28. The van der Waals surface area contributed by atoms with Crippen molar-refractivity contribution in [1.82, 2.24) is 28.9 Å².